The molecule has 39 heavy (non-hydrogen) atoms. The number of nitrogens with zero attached hydrogens (tertiary/aromatic N) is 6. The van der Waals surface area contributed by atoms with Gasteiger partial charge in [0.2, 0.25) is 24.9 Å². The molecular formula is C27H54N6O6. The van der Waals surface area contributed by atoms with Crippen LogP contribution in [-0.2, 0) is 0 Å². The Labute approximate surface area is 235 Å². The van der Waals surface area contributed by atoms with Crippen LogP contribution in [0, 0.1) is 31.2 Å². The quantitative estimate of drug-likeness (QED) is 0.103. The smallest absolute Gasteiger partial charge is 0.239 e. The maximum atomic E-state index is 11.1. The van der Waals surface area contributed by atoms with Crippen molar-refractivity contribution in [2.45, 2.75) is 126 Å². The second-order valence-electron chi connectivity index (χ2n) is 9.99. The van der Waals surface area contributed by atoms with Gasteiger partial charge in [0, 0.05) is 25.7 Å². The van der Waals surface area contributed by atoms with Crippen LogP contribution in [-0.4, -0.2) is 103 Å². The van der Waals surface area contributed by atoms with Gasteiger partial charge in [-0.1, -0.05) is 13.8 Å². The zero-order valence-corrected chi connectivity index (χ0v) is 25.9. The van der Waals surface area contributed by atoms with E-state index in [1.807, 2.05) is 41.5 Å². The summed E-state index contributed by atoms with van der Waals surface area (Å²) in [6, 6.07) is -0.245. The average Bonchev–Trinajstić information content (AvgIpc) is 2.86. The molecule has 0 unspecified atom stereocenters. The van der Waals surface area contributed by atoms with Crippen LogP contribution in [0.3, 0.4) is 0 Å². The summed E-state index contributed by atoms with van der Waals surface area (Å²) in [5.74, 6) is 0. The maximum absolute atomic E-state index is 11.1. The second-order valence-corrected chi connectivity index (χ2v) is 9.99. The third-order valence-corrected chi connectivity index (χ3v) is 4.71. The first-order chi connectivity index (χ1) is 18.1. The molecule has 0 saturated carbocycles. The van der Waals surface area contributed by atoms with E-state index < -0.39 is 0 Å². The number of hydrogen-bond acceptors (Lipinski definition) is 6. The lowest BCUT2D eigenvalue weighted by atomic mass is 10.2. The molecule has 0 aromatic heterocycles. The maximum Gasteiger partial charge on any atom is 0.239 e. The lowest BCUT2D eigenvalue weighted by Gasteiger charge is -2.07. The molecule has 0 N–H and O–H groups in total. The second kappa shape index (κ2) is 25.1. The molecule has 0 bridgehead atoms. The summed E-state index contributed by atoms with van der Waals surface area (Å²) in [5, 5.41) is 65.8. The van der Waals surface area contributed by atoms with E-state index in [0.29, 0.717) is 13.1 Å². The number of rotatable bonds is 14. The highest BCUT2D eigenvalue weighted by atomic mass is 16.5. The van der Waals surface area contributed by atoms with Crippen molar-refractivity contribution < 1.29 is 28.4 Å². The van der Waals surface area contributed by atoms with Gasteiger partial charge >= 0.3 is 0 Å². The van der Waals surface area contributed by atoms with E-state index in [0.717, 1.165) is 60.5 Å². The van der Waals surface area contributed by atoms with Crippen molar-refractivity contribution in [1.29, 1.82) is 0 Å². The first-order valence-electron chi connectivity index (χ1n) is 13.8. The Morgan fingerprint density at radius 2 is 0.744 bits per heavy atom. The minimum Gasteiger partial charge on any atom is -0.624 e. The predicted octanol–water partition coefficient (Wildman–Crippen LogP) is 4.07. The number of unbranched alkanes of at least 4 members (excludes halogenated alkanes) is 2. The van der Waals surface area contributed by atoms with Crippen LogP contribution >= 0.6 is 0 Å². The highest BCUT2D eigenvalue weighted by Crippen LogP contribution is 1.94. The summed E-state index contributed by atoms with van der Waals surface area (Å²) < 4.78 is 4.93. The van der Waals surface area contributed by atoms with Crippen molar-refractivity contribution in [2.75, 3.05) is 13.1 Å². The monoisotopic (exact) mass is 558 g/mol. The molecule has 0 saturated heterocycles. The normalized spacial score (nSPS) is 14.0. The van der Waals surface area contributed by atoms with Crippen LogP contribution in [0.4, 0.5) is 0 Å². The molecular weight excluding hydrogens is 504 g/mol. The Kier molecular flexibility index (Phi) is 26.0. The van der Waals surface area contributed by atoms with E-state index in [9.17, 15) is 31.2 Å². The molecule has 0 spiro atoms. The van der Waals surface area contributed by atoms with E-state index in [-0.39, 0.29) is 24.2 Å². The summed E-state index contributed by atoms with van der Waals surface area (Å²) in [6.07, 6.45) is 12.2. The average molecular weight is 559 g/mol. The molecule has 0 aliphatic heterocycles. The third-order valence-electron chi connectivity index (χ3n) is 4.71. The van der Waals surface area contributed by atoms with Crippen molar-refractivity contribution in [2.24, 2.45) is 0 Å². The van der Waals surface area contributed by atoms with Crippen LogP contribution in [0.25, 0.3) is 0 Å². The predicted molar refractivity (Wildman–Crippen MR) is 163 cm³/mol. The van der Waals surface area contributed by atoms with E-state index >= 15 is 0 Å². The van der Waals surface area contributed by atoms with Crippen LogP contribution in [0.5, 0.6) is 0 Å². The van der Waals surface area contributed by atoms with Crippen molar-refractivity contribution >= 4 is 37.3 Å². The summed E-state index contributed by atoms with van der Waals surface area (Å²) in [5.41, 5.74) is 0. The standard InChI is InChI=1S/C11H22N2O2.2C8H16N2O2/c1-10(2)12(14)8-6-5-7-9-13(15)11(3)4;1-7(2)9(11)5-6-10(12)8(3)4;1-3-5-9(11)7-8-10(12)6-4-2/h8-11H,5-7H2,1-4H3;5-8H,1-4H3;7-8H,3-6H2,1-2H3/b12-8-,13-9-;9-5-,10-6-;9-7-,10-8-. The summed E-state index contributed by atoms with van der Waals surface area (Å²) in [6.45, 7) is 19.2. The van der Waals surface area contributed by atoms with Gasteiger partial charge in [-0.15, -0.1) is 0 Å². The lowest BCUT2D eigenvalue weighted by Crippen LogP contribution is -2.20. The van der Waals surface area contributed by atoms with Gasteiger partial charge in [0.05, 0.1) is 0 Å². The van der Waals surface area contributed by atoms with Crippen LogP contribution < -0.4 is 0 Å². The molecule has 0 rings (SSSR count). The molecule has 0 amide bonds. The van der Waals surface area contributed by atoms with E-state index in [4.69, 9.17) is 0 Å². The van der Waals surface area contributed by atoms with Crippen molar-refractivity contribution in [3.8, 4) is 0 Å². The Morgan fingerprint density at radius 1 is 0.462 bits per heavy atom. The van der Waals surface area contributed by atoms with E-state index in [2.05, 4.69) is 0 Å². The zero-order valence-electron chi connectivity index (χ0n) is 25.9. The molecule has 0 fully saturated rings. The fourth-order valence-electron chi connectivity index (χ4n) is 2.19. The fraction of sp³-hybridized carbons (Fsp3) is 0.778. The molecule has 12 heteroatoms. The zero-order chi connectivity index (χ0) is 31.0. The molecule has 0 atom stereocenters. The number of hydroxylamine groups is 6. The van der Waals surface area contributed by atoms with Crippen LogP contribution in [0.2, 0.25) is 0 Å². The molecule has 0 heterocycles. The summed E-state index contributed by atoms with van der Waals surface area (Å²) in [4.78, 5) is 0. The molecule has 0 aromatic rings. The van der Waals surface area contributed by atoms with Gasteiger partial charge in [-0.25, -0.2) is 28.4 Å². The van der Waals surface area contributed by atoms with Crippen molar-refractivity contribution in [3.05, 3.63) is 31.2 Å². The highest BCUT2D eigenvalue weighted by molar-refractivity contribution is 6.11. The van der Waals surface area contributed by atoms with Crippen LogP contribution in [0.15, 0.2) is 0 Å². The van der Waals surface area contributed by atoms with Gasteiger partial charge in [0.15, 0.2) is 49.7 Å². The van der Waals surface area contributed by atoms with Gasteiger partial charge in [0.25, 0.3) is 0 Å². The molecule has 228 valence electrons. The van der Waals surface area contributed by atoms with Gasteiger partial charge in [0.1, 0.15) is 0 Å². The summed E-state index contributed by atoms with van der Waals surface area (Å²) in [7, 11) is 0. The minimum absolute atomic E-state index is 0.000602. The molecule has 0 radical (unpaired) electrons. The molecule has 0 aromatic carbocycles. The van der Waals surface area contributed by atoms with Gasteiger partial charge in [-0.2, -0.15) is 0 Å². The third kappa shape index (κ3) is 27.7. The highest BCUT2D eigenvalue weighted by Gasteiger charge is 2.02. The van der Waals surface area contributed by atoms with Gasteiger partial charge < -0.3 is 31.2 Å². The first kappa shape index (κ1) is 40.3. The first-order valence-corrected chi connectivity index (χ1v) is 13.8. The minimum atomic E-state index is -0.123. The SMILES string of the molecule is CC(C)/[N+]([O-])=C/C=[N+](\[O-])C(C)C.CC(C)/[N+]([O-])=C/CCC/C=[N+](\[O-])C(C)C.CCC/[N+]([O-])=C/C=[N+](\[O-])CCC. The molecule has 0 aliphatic carbocycles. The topological polar surface area (TPSA) is 156 Å². The Bertz CT molecular complexity index is 750. The molecule has 12 nitrogen and oxygen atoms in total. The summed E-state index contributed by atoms with van der Waals surface area (Å²) >= 11 is 0. The fourth-order valence-corrected chi connectivity index (χ4v) is 2.19. The molecule has 0 aliphatic rings. The van der Waals surface area contributed by atoms with Crippen molar-refractivity contribution in [3.63, 3.8) is 0 Å². The lowest BCUT2D eigenvalue weighted by molar-refractivity contribution is -0.499. The Balaban J connectivity index is -0.000000503. The van der Waals surface area contributed by atoms with Crippen molar-refractivity contribution in [1.82, 2.24) is 0 Å². The van der Waals surface area contributed by atoms with Gasteiger partial charge in [-0.3, -0.25) is 0 Å². The largest absolute Gasteiger partial charge is 0.624 e. The Hall–Kier alpha value is -3.18. The Morgan fingerprint density at radius 3 is 0.974 bits per heavy atom. The van der Waals surface area contributed by atoms with Gasteiger partial charge in [-0.05, 0) is 61.8 Å². The van der Waals surface area contributed by atoms with E-state index in [1.165, 1.54) is 24.9 Å². The van der Waals surface area contributed by atoms with Crippen LogP contribution in [0.1, 0.15) is 101 Å². The number of hydrogen-bond donors (Lipinski definition) is 0. The van der Waals surface area contributed by atoms with E-state index in [1.54, 1.807) is 40.1 Å².